The quantitative estimate of drug-likeness (QED) is 0.145. The molecule has 5 heteroatoms. The Labute approximate surface area is 428 Å². The van der Waals surface area contributed by atoms with Gasteiger partial charge in [0.25, 0.3) is 0 Å². The molecule has 3 heterocycles. The highest BCUT2D eigenvalue weighted by atomic mass is 15.0. The van der Waals surface area contributed by atoms with Gasteiger partial charge in [0.15, 0.2) is 17.5 Å². The van der Waals surface area contributed by atoms with Crippen LogP contribution in [0.4, 0.5) is 0 Å². The average molecular weight is 944 g/mol. The Balaban J connectivity index is 1.10. The van der Waals surface area contributed by atoms with Crippen molar-refractivity contribution in [2.24, 2.45) is 0 Å². The van der Waals surface area contributed by atoms with Gasteiger partial charge in [-0.2, -0.15) is 0 Å². The summed E-state index contributed by atoms with van der Waals surface area (Å²) in [5.74, 6) is 1.79. The lowest BCUT2D eigenvalue weighted by atomic mass is 10.0. The molecule has 346 valence electrons. The third kappa shape index (κ3) is 7.63. The van der Waals surface area contributed by atoms with Gasteiger partial charge in [-0.25, -0.2) is 15.0 Å². The zero-order valence-corrected chi connectivity index (χ0v) is 40.2. The molecule has 0 aliphatic rings. The molecule has 0 saturated heterocycles. The Morgan fingerprint density at radius 3 is 0.865 bits per heavy atom. The maximum absolute atomic E-state index is 5.36. The van der Waals surface area contributed by atoms with Crippen molar-refractivity contribution in [1.82, 2.24) is 24.1 Å². The summed E-state index contributed by atoms with van der Waals surface area (Å²) in [7, 11) is 0. The normalized spacial score (nSPS) is 11.5. The Hall–Kier alpha value is -9.97. The van der Waals surface area contributed by atoms with Crippen LogP contribution in [0.1, 0.15) is 0 Å². The number of hydrogen-bond acceptors (Lipinski definition) is 3. The Kier molecular flexibility index (Phi) is 10.4. The van der Waals surface area contributed by atoms with E-state index in [1.54, 1.807) is 0 Å². The Bertz CT molecular complexity index is 4220. The number of aromatic nitrogens is 5. The van der Waals surface area contributed by atoms with Gasteiger partial charge in [-0.05, 0) is 93.0 Å². The summed E-state index contributed by atoms with van der Waals surface area (Å²) in [6, 6.07) is 97.5. The predicted octanol–water partition coefficient (Wildman–Crippen LogP) is 17.7. The second-order valence-electron chi connectivity index (χ2n) is 18.8. The monoisotopic (exact) mass is 943 g/mol. The zero-order valence-electron chi connectivity index (χ0n) is 40.2. The number of fused-ring (bicyclic) bond motifs is 6. The maximum Gasteiger partial charge on any atom is 0.164 e. The van der Waals surface area contributed by atoms with E-state index in [1.807, 2.05) is 36.4 Å². The van der Waals surface area contributed by atoms with Gasteiger partial charge < -0.3 is 9.13 Å². The van der Waals surface area contributed by atoms with E-state index in [1.165, 1.54) is 32.7 Å². The first kappa shape index (κ1) is 42.9. The lowest BCUT2D eigenvalue weighted by Crippen LogP contribution is -2.03. The third-order valence-electron chi connectivity index (χ3n) is 14.3. The lowest BCUT2D eigenvalue weighted by molar-refractivity contribution is 1.07. The van der Waals surface area contributed by atoms with E-state index in [0.29, 0.717) is 17.5 Å². The Morgan fingerprint density at radius 1 is 0.189 bits per heavy atom. The second-order valence-corrected chi connectivity index (χ2v) is 18.8. The Morgan fingerprint density at radius 2 is 0.486 bits per heavy atom. The molecule has 0 bridgehead atoms. The van der Waals surface area contributed by atoms with Crippen molar-refractivity contribution < 1.29 is 0 Å². The molecule has 0 radical (unpaired) electrons. The fraction of sp³-hybridized carbons (Fsp3) is 0. The van der Waals surface area contributed by atoms with Crippen molar-refractivity contribution in [2.45, 2.75) is 0 Å². The lowest BCUT2D eigenvalue weighted by Gasteiger charge is -2.17. The van der Waals surface area contributed by atoms with Gasteiger partial charge in [-0.15, -0.1) is 0 Å². The fourth-order valence-corrected chi connectivity index (χ4v) is 10.8. The highest BCUT2D eigenvalue weighted by molar-refractivity contribution is 6.13. The molecule has 0 atom stereocenters. The molecule has 0 unspecified atom stereocenters. The minimum Gasteiger partial charge on any atom is -0.309 e. The molecular weight excluding hydrogens is 899 g/mol. The molecule has 0 fully saturated rings. The van der Waals surface area contributed by atoms with Crippen LogP contribution in [-0.4, -0.2) is 24.1 Å². The van der Waals surface area contributed by atoms with Gasteiger partial charge in [0, 0.05) is 49.6 Å². The van der Waals surface area contributed by atoms with Crippen molar-refractivity contribution >= 4 is 43.6 Å². The summed E-state index contributed by atoms with van der Waals surface area (Å²) in [6.45, 7) is 0. The molecule has 0 aliphatic heterocycles. The average Bonchev–Trinajstić information content (AvgIpc) is 3.99. The second kappa shape index (κ2) is 18.0. The fourth-order valence-electron chi connectivity index (χ4n) is 10.8. The van der Waals surface area contributed by atoms with Gasteiger partial charge in [0.2, 0.25) is 0 Å². The largest absolute Gasteiger partial charge is 0.309 e. The molecule has 0 saturated carbocycles. The van der Waals surface area contributed by atoms with Crippen molar-refractivity contribution in [2.75, 3.05) is 0 Å². The van der Waals surface area contributed by atoms with E-state index in [2.05, 4.69) is 246 Å². The summed E-state index contributed by atoms with van der Waals surface area (Å²) in [5, 5.41) is 4.67. The molecule has 0 spiro atoms. The van der Waals surface area contributed by atoms with E-state index >= 15 is 0 Å². The highest BCUT2D eigenvalue weighted by Crippen LogP contribution is 2.42. The molecular formula is C69H45N5. The standard InChI is InChI=1S/C69H45N5/c1-7-19-46(20-8-1)52-34-38-63-62(41-52)61-37-33-55(49-25-13-4-14-26-49)44-66(61)73(63)57-39-56(69-71-67(50-27-15-5-16-28-50)70-68(72-69)51-29-17-6-18-30-51)40-58(45-57)74-64-42-53(47-21-9-2-10-22-47)31-35-59(64)60-36-32-54(43-65(60)74)48-23-11-3-12-24-48/h1-45H. The van der Waals surface area contributed by atoms with Gasteiger partial charge in [0.1, 0.15) is 0 Å². The molecule has 14 rings (SSSR count). The summed E-state index contributed by atoms with van der Waals surface area (Å²) >= 11 is 0. The molecule has 0 N–H and O–H groups in total. The molecule has 5 nitrogen and oxygen atoms in total. The molecule has 3 aromatic heterocycles. The first-order valence-electron chi connectivity index (χ1n) is 25.1. The van der Waals surface area contributed by atoms with Crippen LogP contribution in [0, 0.1) is 0 Å². The molecule has 0 aliphatic carbocycles. The number of benzene rings is 11. The third-order valence-corrected chi connectivity index (χ3v) is 14.3. The molecule has 0 amide bonds. The number of rotatable bonds is 9. The topological polar surface area (TPSA) is 48.5 Å². The SMILES string of the molecule is c1ccc(-c2ccc3c(c2)c2ccc(-c4ccccc4)cc2n3-c2cc(-c3nc(-c4ccccc4)nc(-c4ccccc4)n3)cc(-n3c4cc(-c5ccccc5)ccc4c4ccc(-c5ccccc5)cc43)c2)cc1. The van der Waals surface area contributed by atoms with Crippen LogP contribution < -0.4 is 0 Å². The van der Waals surface area contributed by atoms with Crippen LogP contribution in [0.5, 0.6) is 0 Å². The van der Waals surface area contributed by atoms with Crippen LogP contribution >= 0.6 is 0 Å². The molecule has 74 heavy (non-hydrogen) atoms. The van der Waals surface area contributed by atoms with E-state index in [4.69, 9.17) is 15.0 Å². The van der Waals surface area contributed by atoms with Crippen LogP contribution in [0.2, 0.25) is 0 Å². The van der Waals surface area contributed by atoms with Crippen molar-refractivity contribution in [3.8, 4) is 90.0 Å². The van der Waals surface area contributed by atoms with Crippen LogP contribution in [0.3, 0.4) is 0 Å². The van der Waals surface area contributed by atoms with E-state index in [0.717, 1.165) is 83.5 Å². The molecule has 14 aromatic rings. The summed E-state index contributed by atoms with van der Waals surface area (Å²) in [4.78, 5) is 15.8. The predicted molar refractivity (Wildman–Crippen MR) is 307 cm³/mol. The van der Waals surface area contributed by atoms with Crippen LogP contribution in [0.25, 0.3) is 134 Å². The summed E-state index contributed by atoms with van der Waals surface area (Å²) in [6.07, 6.45) is 0. The van der Waals surface area contributed by atoms with Gasteiger partial charge >= 0.3 is 0 Å². The minimum atomic E-state index is 0.577. The minimum absolute atomic E-state index is 0.577. The van der Waals surface area contributed by atoms with Crippen molar-refractivity contribution in [3.63, 3.8) is 0 Å². The van der Waals surface area contributed by atoms with Gasteiger partial charge in [-0.1, -0.05) is 224 Å². The first-order valence-corrected chi connectivity index (χ1v) is 25.1. The van der Waals surface area contributed by atoms with Gasteiger partial charge in [-0.3, -0.25) is 0 Å². The number of hydrogen-bond donors (Lipinski definition) is 0. The van der Waals surface area contributed by atoms with Crippen LogP contribution in [0.15, 0.2) is 273 Å². The van der Waals surface area contributed by atoms with Gasteiger partial charge in [0.05, 0.1) is 22.1 Å². The van der Waals surface area contributed by atoms with Crippen molar-refractivity contribution in [1.29, 1.82) is 0 Å². The van der Waals surface area contributed by atoms with E-state index in [-0.39, 0.29) is 0 Å². The van der Waals surface area contributed by atoms with Crippen molar-refractivity contribution in [3.05, 3.63) is 273 Å². The smallest absolute Gasteiger partial charge is 0.164 e. The van der Waals surface area contributed by atoms with Crippen LogP contribution in [-0.2, 0) is 0 Å². The summed E-state index contributed by atoms with van der Waals surface area (Å²) < 4.78 is 4.89. The highest BCUT2D eigenvalue weighted by Gasteiger charge is 2.22. The van der Waals surface area contributed by atoms with E-state index < -0.39 is 0 Å². The molecule has 11 aromatic carbocycles. The number of nitrogens with zero attached hydrogens (tertiary/aromatic N) is 5. The summed E-state index contributed by atoms with van der Waals surface area (Å²) in [5.41, 5.74) is 18.3. The first-order chi connectivity index (χ1) is 36.7. The zero-order chi connectivity index (χ0) is 49.0. The maximum atomic E-state index is 5.36. The van der Waals surface area contributed by atoms with E-state index in [9.17, 15) is 0 Å².